The van der Waals surface area contributed by atoms with E-state index in [1.54, 1.807) is 23.5 Å². The van der Waals surface area contributed by atoms with E-state index in [9.17, 15) is 13.2 Å². The Morgan fingerprint density at radius 2 is 1.89 bits per heavy atom. The second kappa shape index (κ2) is 8.97. The van der Waals surface area contributed by atoms with E-state index in [1.807, 2.05) is 0 Å². The van der Waals surface area contributed by atoms with Crippen LogP contribution in [0.5, 0.6) is 0 Å². The number of primary sulfonamides is 1. The fourth-order valence-corrected chi connectivity index (χ4v) is 4.54. The monoisotopic (exact) mass is 407 g/mol. The number of hydrogen-bond acceptors (Lipinski definition) is 5. The minimum absolute atomic E-state index is 0.0422. The van der Waals surface area contributed by atoms with Gasteiger partial charge in [0.2, 0.25) is 15.9 Å². The highest BCUT2D eigenvalue weighted by Gasteiger charge is 2.20. The van der Waals surface area contributed by atoms with Crippen LogP contribution >= 0.6 is 11.3 Å². The van der Waals surface area contributed by atoms with Gasteiger partial charge in [0.1, 0.15) is 0 Å². The van der Waals surface area contributed by atoms with Crippen LogP contribution in [0.1, 0.15) is 23.3 Å². The zero-order valence-corrected chi connectivity index (χ0v) is 16.8. The third kappa shape index (κ3) is 6.14. The summed E-state index contributed by atoms with van der Waals surface area (Å²) in [6.07, 6.45) is 2.42. The SMILES string of the molecule is NS(=O)(=O)c1ccc(CC(=O)NCC2CCN(Cc3cccs3)CC2)cc1. The lowest BCUT2D eigenvalue weighted by molar-refractivity contribution is -0.120. The first-order valence-electron chi connectivity index (χ1n) is 9.03. The van der Waals surface area contributed by atoms with Gasteiger partial charge >= 0.3 is 0 Å². The summed E-state index contributed by atoms with van der Waals surface area (Å²) in [6, 6.07) is 10.4. The van der Waals surface area contributed by atoms with E-state index >= 15 is 0 Å². The summed E-state index contributed by atoms with van der Waals surface area (Å²) in [5.41, 5.74) is 0.769. The van der Waals surface area contributed by atoms with Crippen LogP contribution in [0.2, 0.25) is 0 Å². The number of nitrogens with two attached hydrogens (primary N) is 1. The summed E-state index contributed by atoms with van der Waals surface area (Å²) in [7, 11) is -3.70. The molecule has 6 nitrogen and oxygen atoms in total. The molecule has 3 rings (SSSR count). The number of nitrogens with one attached hydrogen (secondary N) is 1. The number of piperidine rings is 1. The van der Waals surface area contributed by atoms with Gasteiger partial charge in [-0.2, -0.15) is 0 Å². The summed E-state index contributed by atoms with van der Waals surface area (Å²) < 4.78 is 22.5. The molecule has 0 bridgehead atoms. The molecule has 0 spiro atoms. The second-order valence-corrected chi connectivity index (χ2v) is 9.56. The highest BCUT2D eigenvalue weighted by molar-refractivity contribution is 7.89. The van der Waals surface area contributed by atoms with Crippen molar-refractivity contribution in [2.45, 2.75) is 30.7 Å². The number of amides is 1. The lowest BCUT2D eigenvalue weighted by atomic mass is 9.96. The first-order chi connectivity index (χ1) is 12.9. The van der Waals surface area contributed by atoms with Crippen LogP contribution in [0.15, 0.2) is 46.7 Å². The Bertz CT molecular complexity index is 841. The number of carbonyl (C=O) groups excluding carboxylic acids is 1. The van der Waals surface area contributed by atoms with Gasteiger partial charge in [-0.3, -0.25) is 9.69 Å². The molecule has 27 heavy (non-hydrogen) atoms. The summed E-state index contributed by atoms with van der Waals surface area (Å²) >= 11 is 1.80. The van der Waals surface area contributed by atoms with E-state index in [1.165, 1.54) is 17.0 Å². The molecular weight excluding hydrogens is 382 g/mol. The molecule has 3 N–H and O–H groups in total. The van der Waals surface area contributed by atoms with E-state index in [0.29, 0.717) is 12.5 Å². The quantitative estimate of drug-likeness (QED) is 0.734. The van der Waals surface area contributed by atoms with Crippen LogP contribution in [0.3, 0.4) is 0 Å². The number of thiophene rings is 1. The van der Waals surface area contributed by atoms with Crippen molar-refractivity contribution in [3.05, 3.63) is 52.2 Å². The van der Waals surface area contributed by atoms with Crippen molar-refractivity contribution in [2.75, 3.05) is 19.6 Å². The Balaban J connectivity index is 1.38. The van der Waals surface area contributed by atoms with Crippen LogP contribution in [0.25, 0.3) is 0 Å². The zero-order valence-electron chi connectivity index (χ0n) is 15.1. The highest BCUT2D eigenvalue weighted by atomic mass is 32.2. The molecule has 1 aromatic carbocycles. The summed E-state index contributed by atoms with van der Waals surface area (Å²) in [6.45, 7) is 3.84. The molecule has 146 valence electrons. The number of rotatable bonds is 7. The molecule has 1 fully saturated rings. The van der Waals surface area contributed by atoms with Gasteiger partial charge in [-0.25, -0.2) is 13.6 Å². The largest absolute Gasteiger partial charge is 0.356 e. The molecule has 2 heterocycles. The van der Waals surface area contributed by atoms with Gasteiger partial charge in [0.25, 0.3) is 0 Å². The molecule has 1 amide bonds. The number of nitrogens with zero attached hydrogens (tertiary/aromatic N) is 1. The second-order valence-electron chi connectivity index (χ2n) is 6.97. The maximum Gasteiger partial charge on any atom is 0.238 e. The van der Waals surface area contributed by atoms with Crippen LogP contribution in [-0.4, -0.2) is 38.9 Å². The van der Waals surface area contributed by atoms with E-state index in [-0.39, 0.29) is 17.2 Å². The molecule has 1 saturated heterocycles. The Morgan fingerprint density at radius 3 is 2.48 bits per heavy atom. The van der Waals surface area contributed by atoms with Crippen molar-refractivity contribution < 1.29 is 13.2 Å². The number of carbonyl (C=O) groups is 1. The molecule has 1 aliphatic rings. The Hall–Kier alpha value is -1.74. The minimum Gasteiger partial charge on any atom is -0.356 e. The van der Waals surface area contributed by atoms with Crippen molar-refractivity contribution >= 4 is 27.3 Å². The zero-order chi connectivity index (χ0) is 19.3. The van der Waals surface area contributed by atoms with Gasteiger partial charge < -0.3 is 5.32 Å². The van der Waals surface area contributed by atoms with Gasteiger partial charge in [0.15, 0.2) is 0 Å². The summed E-state index contributed by atoms with van der Waals surface area (Å²) in [4.78, 5) is 16.1. The predicted molar refractivity (Wildman–Crippen MR) is 107 cm³/mol. The highest BCUT2D eigenvalue weighted by Crippen LogP contribution is 2.20. The average Bonchev–Trinajstić information content (AvgIpc) is 3.14. The summed E-state index contributed by atoms with van der Waals surface area (Å²) in [5.74, 6) is 0.470. The maximum absolute atomic E-state index is 12.1. The molecule has 8 heteroatoms. The van der Waals surface area contributed by atoms with Crippen LogP contribution in [0.4, 0.5) is 0 Å². The van der Waals surface area contributed by atoms with Crippen molar-refractivity contribution in [1.29, 1.82) is 0 Å². The van der Waals surface area contributed by atoms with E-state index in [0.717, 1.165) is 38.0 Å². The first-order valence-corrected chi connectivity index (χ1v) is 11.5. The molecule has 0 saturated carbocycles. The molecule has 1 aliphatic heterocycles. The van der Waals surface area contributed by atoms with Crippen molar-refractivity contribution in [1.82, 2.24) is 10.2 Å². The fraction of sp³-hybridized carbons (Fsp3) is 0.421. The Labute approximate surface area is 164 Å². The third-order valence-electron chi connectivity index (χ3n) is 4.87. The van der Waals surface area contributed by atoms with Gasteiger partial charge in [-0.1, -0.05) is 18.2 Å². The number of benzene rings is 1. The molecule has 0 aliphatic carbocycles. The molecule has 2 aromatic rings. The van der Waals surface area contributed by atoms with Crippen LogP contribution < -0.4 is 10.5 Å². The third-order valence-corrected chi connectivity index (χ3v) is 6.66. The Morgan fingerprint density at radius 1 is 1.19 bits per heavy atom. The van der Waals surface area contributed by atoms with Gasteiger partial charge in [-0.15, -0.1) is 11.3 Å². The van der Waals surface area contributed by atoms with Crippen molar-refractivity contribution in [3.8, 4) is 0 Å². The van der Waals surface area contributed by atoms with Gasteiger partial charge in [0.05, 0.1) is 11.3 Å². The molecule has 0 atom stereocenters. The molecular formula is C19H25N3O3S2. The standard InChI is InChI=1S/C19H25N3O3S2/c20-27(24,25)18-5-3-15(4-6-18)12-19(23)21-13-16-7-9-22(10-8-16)14-17-2-1-11-26-17/h1-6,11,16H,7-10,12-14H2,(H,21,23)(H2,20,24,25). The van der Waals surface area contributed by atoms with Crippen LogP contribution in [-0.2, 0) is 27.8 Å². The molecule has 1 aromatic heterocycles. The topological polar surface area (TPSA) is 92.5 Å². The van der Waals surface area contributed by atoms with E-state index in [4.69, 9.17) is 5.14 Å². The Kier molecular flexibility index (Phi) is 6.64. The number of sulfonamides is 1. The number of hydrogen-bond donors (Lipinski definition) is 2. The maximum atomic E-state index is 12.1. The lowest BCUT2D eigenvalue weighted by Crippen LogP contribution is -2.38. The fourth-order valence-electron chi connectivity index (χ4n) is 3.27. The predicted octanol–water partition coefficient (Wildman–Crippen LogP) is 1.97. The van der Waals surface area contributed by atoms with Gasteiger partial charge in [0, 0.05) is 18.0 Å². The number of likely N-dealkylation sites (tertiary alicyclic amines) is 1. The van der Waals surface area contributed by atoms with Crippen molar-refractivity contribution in [3.63, 3.8) is 0 Å². The first kappa shape index (κ1) is 20.0. The average molecular weight is 408 g/mol. The van der Waals surface area contributed by atoms with E-state index in [2.05, 4.69) is 27.7 Å². The normalized spacial score (nSPS) is 16.3. The van der Waals surface area contributed by atoms with Crippen molar-refractivity contribution in [2.24, 2.45) is 11.1 Å². The smallest absolute Gasteiger partial charge is 0.238 e. The van der Waals surface area contributed by atoms with Gasteiger partial charge in [-0.05, 0) is 61.0 Å². The minimum atomic E-state index is -3.70. The molecule has 0 unspecified atom stereocenters. The molecule has 0 radical (unpaired) electrons. The van der Waals surface area contributed by atoms with E-state index < -0.39 is 10.0 Å². The lowest BCUT2D eigenvalue weighted by Gasteiger charge is -2.31. The summed E-state index contributed by atoms with van der Waals surface area (Å²) in [5, 5.41) is 10.2. The van der Waals surface area contributed by atoms with Crippen LogP contribution in [0, 0.1) is 5.92 Å².